The van der Waals surface area contributed by atoms with Gasteiger partial charge in [-0.2, -0.15) is 0 Å². The zero-order valence-corrected chi connectivity index (χ0v) is 11.0. The van der Waals surface area contributed by atoms with Gasteiger partial charge in [-0.05, 0) is 18.2 Å². The molecule has 0 atom stereocenters. The van der Waals surface area contributed by atoms with Gasteiger partial charge >= 0.3 is 0 Å². The highest BCUT2D eigenvalue weighted by Gasteiger charge is 2.01. The lowest BCUT2D eigenvalue weighted by molar-refractivity contribution is 0.546. The van der Waals surface area contributed by atoms with Gasteiger partial charge in [0.2, 0.25) is 5.89 Å². The molecule has 0 saturated carbocycles. The number of halogens is 3. The van der Waals surface area contributed by atoms with Crippen LogP contribution in [-0.2, 0) is 5.88 Å². The number of oxazole rings is 1. The van der Waals surface area contributed by atoms with Crippen LogP contribution < -0.4 is 0 Å². The van der Waals surface area contributed by atoms with Crippen LogP contribution in [0, 0.1) is 5.82 Å². The van der Waals surface area contributed by atoms with Gasteiger partial charge in [0.1, 0.15) is 12.1 Å². The standard InChI is InChI=1S/C12H8BrClFNO/c13-9-3-1-8(11(15)5-9)2-4-12-16-10(6-14)7-17-12/h1-5,7H,6H2/b4-2+. The molecule has 1 aromatic carbocycles. The van der Waals surface area contributed by atoms with E-state index in [-0.39, 0.29) is 5.82 Å². The van der Waals surface area contributed by atoms with Gasteiger partial charge in [0.15, 0.2) is 0 Å². The lowest BCUT2D eigenvalue weighted by Crippen LogP contribution is -1.81. The number of alkyl halides is 1. The Labute approximate surface area is 111 Å². The van der Waals surface area contributed by atoms with E-state index in [1.807, 2.05) is 0 Å². The maximum Gasteiger partial charge on any atom is 0.218 e. The van der Waals surface area contributed by atoms with Crippen LogP contribution in [0.5, 0.6) is 0 Å². The molecule has 0 aliphatic rings. The number of nitrogens with zero attached hydrogens (tertiary/aromatic N) is 1. The van der Waals surface area contributed by atoms with Crippen molar-refractivity contribution >= 4 is 39.7 Å². The molecule has 0 fully saturated rings. The van der Waals surface area contributed by atoms with Crippen LogP contribution in [0.3, 0.4) is 0 Å². The fourth-order valence-corrected chi connectivity index (χ4v) is 1.71. The summed E-state index contributed by atoms with van der Waals surface area (Å²) in [6, 6.07) is 4.84. The summed E-state index contributed by atoms with van der Waals surface area (Å²) >= 11 is 8.78. The molecule has 2 rings (SSSR count). The van der Waals surface area contributed by atoms with E-state index in [9.17, 15) is 4.39 Å². The molecule has 5 heteroatoms. The molecule has 0 amide bonds. The topological polar surface area (TPSA) is 26.0 Å². The van der Waals surface area contributed by atoms with Crippen LogP contribution >= 0.6 is 27.5 Å². The second-order valence-electron chi connectivity index (χ2n) is 3.31. The minimum atomic E-state index is -0.306. The fourth-order valence-electron chi connectivity index (χ4n) is 1.26. The fraction of sp³-hybridized carbons (Fsp3) is 0.0833. The second-order valence-corrected chi connectivity index (χ2v) is 4.49. The molecule has 1 heterocycles. The van der Waals surface area contributed by atoms with Gasteiger partial charge in [-0.1, -0.05) is 22.0 Å². The molecule has 0 unspecified atom stereocenters. The van der Waals surface area contributed by atoms with Crippen molar-refractivity contribution < 1.29 is 8.81 Å². The van der Waals surface area contributed by atoms with E-state index in [2.05, 4.69) is 20.9 Å². The largest absolute Gasteiger partial charge is 0.445 e. The van der Waals surface area contributed by atoms with Crippen molar-refractivity contribution in [1.82, 2.24) is 4.98 Å². The van der Waals surface area contributed by atoms with Gasteiger partial charge in [-0.3, -0.25) is 0 Å². The molecular weight excluding hydrogens is 308 g/mol. The lowest BCUT2D eigenvalue weighted by atomic mass is 10.2. The van der Waals surface area contributed by atoms with Gasteiger partial charge in [-0.25, -0.2) is 9.37 Å². The molecule has 0 N–H and O–H groups in total. The molecule has 0 aliphatic carbocycles. The number of hydrogen-bond acceptors (Lipinski definition) is 2. The van der Waals surface area contributed by atoms with Crippen LogP contribution in [-0.4, -0.2) is 4.98 Å². The number of aromatic nitrogens is 1. The van der Waals surface area contributed by atoms with E-state index >= 15 is 0 Å². The first-order valence-corrected chi connectivity index (χ1v) is 6.15. The molecule has 2 nitrogen and oxygen atoms in total. The predicted octanol–water partition coefficient (Wildman–Crippen LogP) is 4.49. The Bertz CT molecular complexity index is 553. The SMILES string of the molecule is Fc1cc(Br)ccc1/C=C/c1nc(CCl)co1. The highest BCUT2D eigenvalue weighted by molar-refractivity contribution is 9.10. The Balaban J connectivity index is 2.19. The van der Waals surface area contributed by atoms with Crippen LogP contribution in [0.15, 0.2) is 33.4 Å². The third-order valence-electron chi connectivity index (χ3n) is 2.07. The predicted molar refractivity (Wildman–Crippen MR) is 69.1 cm³/mol. The van der Waals surface area contributed by atoms with Crippen LogP contribution in [0.2, 0.25) is 0 Å². The first kappa shape index (κ1) is 12.3. The number of rotatable bonds is 3. The summed E-state index contributed by atoms with van der Waals surface area (Å²) in [4.78, 5) is 4.07. The first-order valence-electron chi connectivity index (χ1n) is 4.82. The van der Waals surface area contributed by atoms with Crippen LogP contribution in [0.25, 0.3) is 12.2 Å². The average Bonchev–Trinajstić information content (AvgIpc) is 2.76. The summed E-state index contributed by atoms with van der Waals surface area (Å²) in [5, 5.41) is 0. The second kappa shape index (κ2) is 5.47. The Kier molecular flexibility index (Phi) is 3.97. The summed E-state index contributed by atoms with van der Waals surface area (Å²) in [6.45, 7) is 0. The van der Waals surface area contributed by atoms with E-state index in [1.54, 1.807) is 24.3 Å². The maximum absolute atomic E-state index is 13.5. The summed E-state index contributed by atoms with van der Waals surface area (Å²) in [7, 11) is 0. The van der Waals surface area contributed by atoms with E-state index in [1.165, 1.54) is 12.3 Å². The lowest BCUT2D eigenvalue weighted by Gasteiger charge is -1.96. The zero-order chi connectivity index (χ0) is 12.3. The van der Waals surface area contributed by atoms with Crippen molar-refractivity contribution in [3.05, 3.63) is 51.9 Å². The van der Waals surface area contributed by atoms with Crippen LogP contribution in [0.1, 0.15) is 17.1 Å². The molecule has 0 bridgehead atoms. The molecule has 88 valence electrons. The van der Waals surface area contributed by atoms with Crippen molar-refractivity contribution in [3.63, 3.8) is 0 Å². The first-order chi connectivity index (χ1) is 8.19. The average molecular weight is 317 g/mol. The minimum absolute atomic E-state index is 0.296. The highest BCUT2D eigenvalue weighted by Crippen LogP contribution is 2.17. The maximum atomic E-state index is 13.5. The minimum Gasteiger partial charge on any atom is -0.445 e. The zero-order valence-electron chi connectivity index (χ0n) is 8.66. The van der Waals surface area contributed by atoms with Crippen molar-refractivity contribution in [2.45, 2.75) is 5.88 Å². The normalized spacial score (nSPS) is 11.2. The van der Waals surface area contributed by atoms with E-state index in [4.69, 9.17) is 16.0 Å². The summed E-state index contributed by atoms with van der Waals surface area (Å²) in [6.07, 6.45) is 4.68. The monoisotopic (exact) mass is 315 g/mol. The smallest absolute Gasteiger partial charge is 0.218 e. The summed E-state index contributed by atoms with van der Waals surface area (Å²) in [5.74, 6) is 0.395. The molecule has 17 heavy (non-hydrogen) atoms. The Morgan fingerprint density at radius 1 is 1.41 bits per heavy atom. The molecule has 0 spiro atoms. The van der Waals surface area contributed by atoms with Gasteiger partial charge in [0.05, 0.1) is 11.6 Å². The molecule has 0 radical (unpaired) electrons. The summed E-state index contributed by atoms with van der Waals surface area (Å²) < 4.78 is 19.3. The molecular formula is C12H8BrClFNO. The van der Waals surface area contributed by atoms with Gasteiger partial charge in [0, 0.05) is 16.1 Å². The van der Waals surface area contributed by atoms with Crippen molar-refractivity contribution in [2.24, 2.45) is 0 Å². The van der Waals surface area contributed by atoms with E-state index in [0.29, 0.717) is 27.5 Å². The quantitative estimate of drug-likeness (QED) is 0.780. The van der Waals surface area contributed by atoms with Gasteiger partial charge in [0.25, 0.3) is 0 Å². The summed E-state index contributed by atoms with van der Waals surface area (Å²) in [5.41, 5.74) is 1.13. The Morgan fingerprint density at radius 2 is 2.24 bits per heavy atom. The van der Waals surface area contributed by atoms with Crippen molar-refractivity contribution in [1.29, 1.82) is 0 Å². The van der Waals surface area contributed by atoms with Crippen molar-refractivity contribution in [3.8, 4) is 0 Å². The van der Waals surface area contributed by atoms with Gasteiger partial charge < -0.3 is 4.42 Å². The molecule has 1 aromatic heterocycles. The van der Waals surface area contributed by atoms with Gasteiger partial charge in [-0.15, -0.1) is 11.6 Å². The number of benzene rings is 1. The molecule has 0 saturated heterocycles. The van der Waals surface area contributed by atoms with Crippen molar-refractivity contribution in [2.75, 3.05) is 0 Å². The number of hydrogen-bond donors (Lipinski definition) is 0. The Morgan fingerprint density at radius 3 is 2.88 bits per heavy atom. The Hall–Kier alpha value is -1.13. The molecule has 0 aliphatic heterocycles. The van der Waals surface area contributed by atoms with Crippen LogP contribution in [0.4, 0.5) is 4.39 Å². The van der Waals surface area contributed by atoms with E-state index in [0.717, 1.165) is 0 Å². The third kappa shape index (κ3) is 3.17. The highest BCUT2D eigenvalue weighted by atomic mass is 79.9. The molecule has 2 aromatic rings. The third-order valence-corrected chi connectivity index (χ3v) is 2.84. The van der Waals surface area contributed by atoms with E-state index < -0.39 is 0 Å².